The molecule has 0 radical (unpaired) electrons. The molecule has 0 unspecified atom stereocenters. The summed E-state index contributed by atoms with van der Waals surface area (Å²) in [6.45, 7) is 0. The van der Waals surface area contributed by atoms with Gasteiger partial charge in [-0.15, -0.1) is 0 Å². The maximum atomic E-state index is 10.8. The van der Waals surface area contributed by atoms with Crippen molar-refractivity contribution in [3.63, 3.8) is 0 Å². The lowest BCUT2D eigenvalue weighted by Crippen LogP contribution is -2.38. The van der Waals surface area contributed by atoms with Crippen LogP contribution in [0.3, 0.4) is 0 Å². The Balaban J connectivity index is 0.000000195. The summed E-state index contributed by atoms with van der Waals surface area (Å²) in [5.41, 5.74) is 2.80. The highest BCUT2D eigenvalue weighted by molar-refractivity contribution is 8.01. The number of aromatic hydroxyl groups is 2. The van der Waals surface area contributed by atoms with Crippen LogP contribution in [0.25, 0.3) is 0 Å². The molecule has 0 bridgehead atoms. The van der Waals surface area contributed by atoms with Crippen LogP contribution in [-0.4, -0.2) is 32.4 Å². The van der Waals surface area contributed by atoms with Crippen LogP contribution < -0.4 is 37.3 Å². The Kier molecular flexibility index (Phi) is 12.4. The topological polar surface area (TPSA) is 162 Å². The summed E-state index contributed by atoms with van der Waals surface area (Å²) in [7, 11) is -2.04. The molecule has 6 rings (SSSR count). The second-order valence-electron chi connectivity index (χ2n) is 10.1. The van der Waals surface area contributed by atoms with E-state index in [2.05, 4.69) is 103 Å². The summed E-state index contributed by atoms with van der Waals surface area (Å²) in [6, 6.07) is 51.5. The van der Waals surface area contributed by atoms with Gasteiger partial charge in [0.2, 0.25) is 0 Å². The second kappa shape index (κ2) is 17.1. The van der Waals surface area contributed by atoms with E-state index in [-0.39, 0.29) is 16.9 Å². The quantitative estimate of drug-likeness (QED) is 0.0877. The molecule has 0 fully saturated rings. The van der Waals surface area contributed by atoms with E-state index in [1.165, 1.54) is 62.5 Å². The Morgan fingerprint density at radius 1 is 0.458 bits per heavy atom. The molecule has 0 atom stereocenters. The molecule has 2 amide bonds. The Bertz CT molecular complexity index is 1750. The number of carbonyl (C=O) groups excluding carboxylic acids is 2. The summed E-state index contributed by atoms with van der Waals surface area (Å²) in [5, 5.41) is 51.3. The SMILES string of the molecule is O=C(NO)c1ccccc1O.O=C(NO)c1ccccc1[O-].Oc1ccc([P+](c2ccccc2)(c2ccccc2)c2ccccc2)cc1. The Hall–Kier alpha value is -5.99. The number of hydrogen-bond donors (Lipinski definition) is 6. The maximum Gasteiger partial charge on any atom is 0.278 e. The van der Waals surface area contributed by atoms with Crippen LogP contribution in [0, 0.1) is 0 Å². The summed E-state index contributed by atoms with van der Waals surface area (Å²) in [4.78, 5) is 21.4. The van der Waals surface area contributed by atoms with E-state index in [4.69, 9.17) is 15.5 Å². The van der Waals surface area contributed by atoms with Crippen LogP contribution in [0.1, 0.15) is 20.7 Å². The molecule has 48 heavy (non-hydrogen) atoms. The maximum absolute atomic E-state index is 10.8. The number of para-hydroxylation sites is 2. The Morgan fingerprint density at radius 3 is 1.23 bits per heavy atom. The number of benzene rings is 6. The number of hydrogen-bond acceptors (Lipinski definition) is 7. The lowest BCUT2D eigenvalue weighted by atomic mass is 10.2. The first-order valence-corrected chi connectivity index (χ1v) is 16.4. The molecule has 242 valence electrons. The van der Waals surface area contributed by atoms with Crippen molar-refractivity contribution in [2.24, 2.45) is 0 Å². The summed E-state index contributed by atoms with van der Waals surface area (Å²) < 4.78 is 0. The zero-order valence-corrected chi connectivity index (χ0v) is 26.4. The molecule has 6 aromatic carbocycles. The van der Waals surface area contributed by atoms with E-state index < -0.39 is 24.8 Å². The molecule has 0 aliphatic heterocycles. The van der Waals surface area contributed by atoms with Crippen molar-refractivity contribution >= 4 is 40.3 Å². The number of nitrogens with one attached hydrogen (secondary N) is 2. The van der Waals surface area contributed by atoms with Crippen molar-refractivity contribution in [3.8, 4) is 17.2 Å². The largest absolute Gasteiger partial charge is 0.872 e. The number of carbonyl (C=O) groups is 2. The van der Waals surface area contributed by atoms with Crippen LogP contribution in [0.4, 0.5) is 0 Å². The van der Waals surface area contributed by atoms with Crippen molar-refractivity contribution in [1.82, 2.24) is 11.0 Å². The molecular weight excluding hydrogens is 627 g/mol. The van der Waals surface area contributed by atoms with Crippen molar-refractivity contribution in [2.45, 2.75) is 0 Å². The predicted octanol–water partition coefficient (Wildman–Crippen LogP) is 4.40. The van der Waals surface area contributed by atoms with Crippen molar-refractivity contribution in [2.75, 3.05) is 0 Å². The molecule has 0 saturated carbocycles. The van der Waals surface area contributed by atoms with Gasteiger partial charge in [-0.2, -0.15) is 0 Å². The molecule has 10 heteroatoms. The molecule has 6 N–H and O–H groups in total. The lowest BCUT2D eigenvalue weighted by molar-refractivity contribution is -0.268. The molecule has 0 aliphatic rings. The molecular formula is C38H33N2O7P. The van der Waals surface area contributed by atoms with Crippen molar-refractivity contribution in [1.29, 1.82) is 0 Å². The molecule has 6 aromatic rings. The third-order valence-corrected chi connectivity index (χ3v) is 11.4. The van der Waals surface area contributed by atoms with Crippen LogP contribution >= 0.6 is 7.26 Å². The number of hydroxylamine groups is 2. The first-order valence-electron chi connectivity index (χ1n) is 14.6. The Morgan fingerprint density at radius 2 is 0.812 bits per heavy atom. The summed E-state index contributed by atoms with van der Waals surface area (Å²) >= 11 is 0. The van der Waals surface area contributed by atoms with E-state index in [9.17, 15) is 19.8 Å². The van der Waals surface area contributed by atoms with E-state index in [1.807, 2.05) is 0 Å². The van der Waals surface area contributed by atoms with Gasteiger partial charge in [0.1, 0.15) is 40.0 Å². The number of rotatable bonds is 6. The van der Waals surface area contributed by atoms with E-state index in [0.717, 1.165) is 0 Å². The van der Waals surface area contributed by atoms with Gasteiger partial charge < -0.3 is 15.3 Å². The van der Waals surface area contributed by atoms with Gasteiger partial charge in [-0.25, -0.2) is 11.0 Å². The second-order valence-corrected chi connectivity index (χ2v) is 13.5. The highest BCUT2D eigenvalue weighted by Crippen LogP contribution is 2.54. The van der Waals surface area contributed by atoms with Crippen LogP contribution in [0.2, 0.25) is 0 Å². The van der Waals surface area contributed by atoms with Gasteiger partial charge in [0, 0.05) is 5.56 Å². The van der Waals surface area contributed by atoms with Gasteiger partial charge in [0.25, 0.3) is 11.8 Å². The van der Waals surface area contributed by atoms with Crippen LogP contribution in [0.15, 0.2) is 164 Å². The van der Waals surface area contributed by atoms with Gasteiger partial charge in [-0.1, -0.05) is 96.7 Å². The van der Waals surface area contributed by atoms with E-state index >= 15 is 0 Å². The van der Waals surface area contributed by atoms with Crippen LogP contribution in [0.5, 0.6) is 17.2 Å². The third-order valence-electron chi connectivity index (χ3n) is 7.15. The fourth-order valence-electron chi connectivity index (χ4n) is 4.97. The highest BCUT2D eigenvalue weighted by atomic mass is 31.2. The number of phenols is 2. The summed E-state index contributed by atoms with van der Waals surface area (Å²) in [5.74, 6) is -1.77. The number of amides is 2. The standard InChI is InChI=1S/C24H19OP.2C7H7NO3/c25-20-16-18-24(19-17-20)26(21-10-4-1-5-11-21,22-12-6-2-7-13-22)23-14-8-3-9-15-23;2*9-6-4-2-1-3-5(6)7(10)8-11/h1-19H;2*1-4,9,11H,(H,8,10). The predicted molar refractivity (Wildman–Crippen MR) is 185 cm³/mol. The zero-order valence-electron chi connectivity index (χ0n) is 25.5. The average Bonchev–Trinajstić information content (AvgIpc) is 3.14. The van der Waals surface area contributed by atoms with Gasteiger partial charge >= 0.3 is 0 Å². The monoisotopic (exact) mass is 660 g/mol. The minimum absolute atomic E-state index is 0.0509. The average molecular weight is 661 g/mol. The zero-order chi connectivity index (χ0) is 34.4. The highest BCUT2D eigenvalue weighted by Gasteiger charge is 2.47. The molecule has 0 spiro atoms. The van der Waals surface area contributed by atoms with Gasteiger partial charge in [0.15, 0.2) is 0 Å². The minimum Gasteiger partial charge on any atom is -0.872 e. The normalized spacial score (nSPS) is 10.3. The summed E-state index contributed by atoms with van der Waals surface area (Å²) in [6.07, 6.45) is 0. The smallest absolute Gasteiger partial charge is 0.278 e. The van der Waals surface area contributed by atoms with E-state index in [1.54, 1.807) is 30.3 Å². The molecule has 0 aliphatic carbocycles. The fraction of sp³-hybridized carbons (Fsp3) is 0. The van der Waals surface area contributed by atoms with Gasteiger partial charge in [-0.05, 0) is 72.8 Å². The first kappa shape index (κ1) is 34.9. The van der Waals surface area contributed by atoms with Crippen molar-refractivity contribution in [3.05, 3.63) is 175 Å². The first-order chi connectivity index (χ1) is 23.3. The fourth-order valence-corrected chi connectivity index (χ4v) is 9.21. The van der Waals surface area contributed by atoms with Gasteiger partial charge in [-0.3, -0.25) is 20.0 Å². The van der Waals surface area contributed by atoms with E-state index in [0.29, 0.717) is 5.75 Å². The number of phenolic OH excluding ortho intramolecular Hbond substituents is 2. The lowest BCUT2D eigenvalue weighted by Gasteiger charge is -2.27. The third kappa shape index (κ3) is 8.23. The minimum atomic E-state index is -2.04. The van der Waals surface area contributed by atoms with Gasteiger partial charge in [0.05, 0.1) is 5.56 Å². The molecule has 0 heterocycles. The molecule has 0 saturated heterocycles. The Labute approximate surface area is 278 Å². The van der Waals surface area contributed by atoms with Crippen LogP contribution in [-0.2, 0) is 0 Å². The van der Waals surface area contributed by atoms with Crippen molar-refractivity contribution < 1.29 is 35.3 Å². The molecule has 9 nitrogen and oxygen atoms in total. The molecule has 0 aromatic heterocycles.